The maximum Gasteiger partial charge on any atom is 0.0992 e. The molecular weight excluding hydrogens is 196 g/mol. The van der Waals surface area contributed by atoms with E-state index in [0.717, 1.165) is 5.69 Å². The second-order valence-electron chi connectivity index (χ2n) is 3.48. The molecule has 0 unspecified atom stereocenters. The molecule has 2 nitrogen and oxygen atoms in total. The van der Waals surface area contributed by atoms with Crippen LogP contribution in [-0.4, -0.2) is 13.1 Å². The van der Waals surface area contributed by atoms with Crippen molar-refractivity contribution in [3.8, 4) is 6.07 Å². The largest absolute Gasteiger partial charge is 0.371 e. The first-order chi connectivity index (χ1) is 6.56. The van der Waals surface area contributed by atoms with Gasteiger partial charge in [-0.25, -0.2) is 0 Å². The van der Waals surface area contributed by atoms with Crippen molar-refractivity contribution in [1.82, 2.24) is 0 Å². The van der Waals surface area contributed by atoms with E-state index in [0.29, 0.717) is 16.6 Å². The van der Waals surface area contributed by atoms with Crippen LogP contribution in [0.3, 0.4) is 0 Å². The quantitative estimate of drug-likeness (QED) is 0.747. The van der Waals surface area contributed by atoms with Gasteiger partial charge >= 0.3 is 0 Å². The van der Waals surface area contributed by atoms with Crippen molar-refractivity contribution in [2.75, 3.05) is 11.9 Å². The SMILES string of the molecule is CC(C)N(C)c1ccc(C#N)cc1Cl. The van der Waals surface area contributed by atoms with Crippen LogP contribution in [0.25, 0.3) is 0 Å². The highest BCUT2D eigenvalue weighted by Crippen LogP contribution is 2.26. The highest BCUT2D eigenvalue weighted by molar-refractivity contribution is 6.33. The van der Waals surface area contributed by atoms with Gasteiger partial charge in [-0.2, -0.15) is 5.26 Å². The Bertz CT molecular complexity index is 366. The molecule has 0 radical (unpaired) electrons. The second kappa shape index (κ2) is 4.34. The van der Waals surface area contributed by atoms with Gasteiger partial charge in [0.05, 0.1) is 22.3 Å². The van der Waals surface area contributed by atoms with Gasteiger partial charge in [-0.05, 0) is 32.0 Å². The van der Waals surface area contributed by atoms with Gasteiger partial charge in [-0.15, -0.1) is 0 Å². The van der Waals surface area contributed by atoms with Crippen molar-refractivity contribution < 1.29 is 0 Å². The first-order valence-electron chi connectivity index (χ1n) is 4.48. The van der Waals surface area contributed by atoms with Crippen LogP contribution in [-0.2, 0) is 0 Å². The summed E-state index contributed by atoms with van der Waals surface area (Å²) in [6.07, 6.45) is 0. The average Bonchev–Trinajstić information content (AvgIpc) is 2.16. The van der Waals surface area contributed by atoms with E-state index in [1.54, 1.807) is 12.1 Å². The average molecular weight is 209 g/mol. The summed E-state index contributed by atoms with van der Waals surface area (Å²) < 4.78 is 0. The van der Waals surface area contributed by atoms with Crippen molar-refractivity contribution in [3.63, 3.8) is 0 Å². The molecule has 0 aliphatic carbocycles. The summed E-state index contributed by atoms with van der Waals surface area (Å²) in [5, 5.41) is 9.30. The third-order valence-corrected chi connectivity index (χ3v) is 2.53. The lowest BCUT2D eigenvalue weighted by molar-refractivity contribution is 0.755. The molecule has 14 heavy (non-hydrogen) atoms. The molecule has 0 amide bonds. The zero-order valence-corrected chi connectivity index (χ0v) is 9.34. The first-order valence-corrected chi connectivity index (χ1v) is 4.86. The fourth-order valence-corrected chi connectivity index (χ4v) is 1.45. The lowest BCUT2D eigenvalue weighted by Crippen LogP contribution is -2.25. The normalized spacial score (nSPS) is 10.0. The molecule has 0 saturated carbocycles. The number of nitriles is 1. The van der Waals surface area contributed by atoms with E-state index in [-0.39, 0.29) is 0 Å². The van der Waals surface area contributed by atoms with Crippen molar-refractivity contribution in [2.24, 2.45) is 0 Å². The number of anilines is 1. The summed E-state index contributed by atoms with van der Waals surface area (Å²) >= 11 is 6.05. The molecule has 0 fully saturated rings. The summed E-state index contributed by atoms with van der Waals surface area (Å²) in [7, 11) is 1.98. The van der Waals surface area contributed by atoms with Crippen LogP contribution in [0.2, 0.25) is 5.02 Å². The summed E-state index contributed by atoms with van der Waals surface area (Å²) in [6.45, 7) is 4.18. The molecule has 0 spiro atoms. The van der Waals surface area contributed by atoms with E-state index in [1.165, 1.54) is 0 Å². The Morgan fingerprint density at radius 2 is 2.07 bits per heavy atom. The molecule has 74 valence electrons. The first kappa shape index (κ1) is 10.9. The van der Waals surface area contributed by atoms with Crippen LogP contribution in [0.1, 0.15) is 19.4 Å². The third kappa shape index (κ3) is 2.18. The summed E-state index contributed by atoms with van der Waals surface area (Å²) in [6, 6.07) is 7.79. The standard InChI is InChI=1S/C11H13ClN2/c1-8(2)14(3)11-5-4-9(7-13)6-10(11)12/h4-6,8H,1-3H3. The minimum atomic E-state index is 0.389. The maximum absolute atomic E-state index is 8.68. The van der Waals surface area contributed by atoms with Gasteiger partial charge in [0.25, 0.3) is 0 Å². The van der Waals surface area contributed by atoms with Gasteiger partial charge in [0, 0.05) is 13.1 Å². The molecule has 0 aliphatic heterocycles. The number of hydrogen-bond acceptors (Lipinski definition) is 2. The van der Waals surface area contributed by atoms with Gasteiger partial charge in [-0.3, -0.25) is 0 Å². The topological polar surface area (TPSA) is 27.0 Å². The Labute approximate surface area is 89.7 Å². The lowest BCUT2D eigenvalue weighted by Gasteiger charge is -2.24. The van der Waals surface area contributed by atoms with Crippen LogP contribution in [0.4, 0.5) is 5.69 Å². The van der Waals surface area contributed by atoms with Crippen LogP contribution in [0.5, 0.6) is 0 Å². The van der Waals surface area contributed by atoms with E-state index in [9.17, 15) is 0 Å². The summed E-state index contributed by atoms with van der Waals surface area (Å²) in [5.41, 5.74) is 1.55. The van der Waals surface area contributed by atoms with Gasteiger partial charge < -0.3 is 4.90 Å². The number of rotatable bonds is 2. The Balaban J connectivity index is 3.07. The Kier molecular flexibility index (Phi) is 3.38. The highest BCUT2D eigenvalue weighted by Gasteiger charge is 2.09. The minimum Gasteiger partial charge on any atom is -0.371 e. The van der Waals surface area contributed by atoms with Gasteiger partial charge in [0.15, 0.2) is 0 Å². The molecule has 0 aromatic heterocycles. The monoisotopic (exact) mass is 208 g/mol. The zero-order valence-electron chi connectivity index (χ0n) is 8.58. The van der Waals surface area contributed by atoms with Crippen molar-refractivity contribution in [3.05, 3.63) is 28.8 Å². The molecule has 0 atom stereocenters. The predicted molar refractivity (Wildman–Crippen MR) is 59.7 cm³/mol. The van der Waals surface area contributed by atoms with E-state index < -0.39 is 0 Å². The van der Waals surface area contributed by atoms with Gasteiger partial charge in [0.1, 0.15) is 0 Å². The van der Waals surface area contributed by atoms with E-state index in [4.69, 9.17) is 16.9 Å². The molecule has 0 aliphatic rings. The summed E-state index contributed by atoms with van der Waals surface area (Å²) in [4.78, 5) is 2.07. The lowest BCUT2D eigenvalue weighted by atomic mass is 10.2. The fourth-order valence-electron chi connectivity index (χ4n) is 1.14. The highest BCUT2D eigenvalue weighted by atomic mass is 35.5. The maximum atomic E-state index is 8.68. The molecule has 1 aromatic rings. The minimum absolute atomic E-state index is 0.389. The molecule has 1 aromatic carbocycles. The van der Waals surface area contributed by atoms with Crippen LogP contribution in [0, 0.1) is 11.3 Å². The Hall–Kier alpha value is -1.20. The third-order valence-electron chi connectivity index (χ3n) is 2.23. The molecule has 3 heteroatoms. The van der Waals surface area contributed by atoms with Crippen LogP contribution in [0.15, 0.2) is 18.2 Å². The molecule has 0 N–H and O–H groups in total. The molecule has 0 saturated heterocycles. The predicted octanol–water partition coefficient (Wildman–Crippen LogP) is 3.06. The number of hydrogen-bond donors (Lipinski definition) is 0. The number of halogens is 1. The molecular formula is C11H13ClN2. The van der Waals surface area contributed by atoms with E-state index in [2.05, 4.69) is 24.8 Å². The van der Waals surface area contributed by atoms with Crippen molar-refractivity contribution >= 4 is 17.3 Å². The zero-order chi connectivity index (χ0) is 10.7. The smallest absolute Gasteiger partial charge is 0.0992 e. The number of benzene rings is 1. The molecule has 0 heterocycles. The Morgan fingerprint density at radius 3 is 2.50 bits per heavy atom. The van der Waals surface area contributed by atoms with Crippen LogP contribution < -0.4 is 4.90 Å². The second-order valence-corrected chi connectivity index (χ2v) is 3.89. The van der Waals surface area contributed by atoms with Gasteiger partial charge in [-0.1, -0.05) is 11.6 Å². The van der Waals surface area contributed by atoms with E-state index >= 15 is 0 Å². The molecule has 1 rings (SSSR count). The van der Waals surface area contributed by atoms with Gasteiger partial charge in [0.2, 0.25) is 0 Å². The van der Waals surface area contributed by atoms with Crippen molar-refractivity contribution in [1.29, 1.82) is 5.26 Å². The van der Waals surface area contributed by atoms with Crippen LogP contribution >= 0.6 is 11.6 Å². The Morgan fingerprint density at radius 1 is 1.43 bits per heavy atom. The molecule has 0 bridgehead atoms. The summed E-state index contributed by atoms with van der Waals surface area (Å²) in [5.74, 6) is 0. The fraction of sp³-hybridized carbons (Fsp3) is 0.364. The van der Waals surface area contributed by atoms with E-state index in [1.807, 2.05) is 13.1 Å². The number of nitrogens with zero attached hydrogens (tertiary/aromatic N) is 2. The van der Waals surface area contributed by atoms with Crippen molar-refractivity contribution in [2.45, 2.75) is 19.9 Å².